The van der Waals surface area contributed by atoms with E-state index in [4.69, 9.17) is 0 Å². The largest absolute Gasteiger partial charge is 0.261 e. The lowest BCUT2D eigenvalue weighted by Gasteiger charge is -2.18. The van der Waals surface area contributed by atoms with Crippen LogP contribution in [0.25, 0.3) is 0 Å². The van der Waals surface area contributed by atoms with Crippen LogP contribution in [0.5, 0.6) is 0 Å². The molecule has 0 atom stereocenters. The molecule has 0 aliphatic rings. The van der Waals surface area contributed by atoms with Crippen LogP contribution in [0.4, 0.5) is 0 Å². The second-order valence-corrected chi connectivity index (χ2v) is 20.8. The van der Waals surface area contributed by atoms with Crippen molar-refractivity contribution in [2.75, 3.05) is 0 Å². The van der Waals surface area contributed by atoms with Gasteiger partial charge in [-0.05, 0) is 52.3 Å². The van der Waals surface area contributed by atoms with Gasteiger partial charge < -0.3 is 0 Å². The first-order valence-corrected chi connectivity index (χ1v) is 26.1. The van der Waals surface area contributed by atoms with Gasteiger partial charge >= 0.3 is 0 Å². The molecular formula is C65H112N6. The minimum Gasteiger partial charge on any atom is -0.261 e. The highest BCUT2D eigenvalue weighted by Gasteiger charge is 2.17. The second-order valence-electron chi connectivity index (χ2n) is 20.8. The molecule has 6 nitrogen and oxygen atoms in total. The van der Waals surface area contributed by atoms with E-state index in [0.717, 1.165) is 22.9 Å². The fourth-order valence-electron chi connectivity index (χ4n) is 4.86. The standard InChI is InChI=1S/2C10H14.2C9H13N.2C8H12N2.5C2H6.CH4/c2*1-10(2,3)9-7-5-4-6-8-9;2*1-9(2,3)8-6-4-5-7-10-8;1-8(2,3)7-6-9-4-5-10-7;1-8(2,3)7-9-5-4-6-10-7;5*1-2;/h2*4-8H,1-3H3;2*4-7H,1-3H3;2*4-6H,1-3H3;5*1-2H3;1H4. The summed E-state index contributed by atoms with van der Waals surface area (Å²) >= 11 is 0. The SMILES string of the molecule is C.CC.CC.CC.CC.CC.CC(C)(C)c1ccccc1.CC(C)(C)c1ccccc1.CC(C)(C)c1ccccn1.CC(C)(C)c1ccccn1.CC(C)(C)c1cnccn1.CC(C)(C)c1ncccn1. The van der Waals surface area contributed by atoms with Crippen LogP contribution < -0.4 is 0 Å². The van der Waals surface area contributed by atoms with Gasteiger partial charge in [0.2, 0.25) is 0 Å². The maximum atomic E-state index is 4.25. The van der Waals surface area contributed by atoms with Crippen molar-refractivity contribution in [3.8, 4) is 0 Å². The number of hydrogen-bond donors (Lipinski definition) is 0. The van der Waals surface area contributed by atoms with Gasteiger partial charge in [-0.2, -0.15) is 0 Å². The Balaban J connectivity index is -0.000000172. The normalized spacial score (nSPS) is 10.1. The van der Waals surface area contributed by atoms with Crippen LogP contribution in [0.15, 0.2) is 147 Å². The molecule has 0 spiro atoms. The zero-order chi connectivity index (χ0) is 55.7. The van der Waals surface area contributed by atoms with Crippen LogP contribution in [0.1, 0.15) is 235 Å². The van der Waals surface area contributed by atoms with Gasteiger partial charge in [0, 0.05) is 76.4 Å². The maximum Gasteiger partial charge on any atom is 0.133 e. The molecular weight excluding hydrogens is 865 g/mol. The maximum absolute atomic E-state index is 4.25. The summed E-state index contributed by atoms with van der Waals surface area (Å²) in [4.78, 5) is 25.0. The van der Waals surface area contributed by atoms with Gasteiger partial charge in [0.25, 0.3) is 0 Å². The van der Waals surface area contributed by atoms with Gasteiger partial charge in [-0.1, -0.05) is 274 Å². The van der Waals surface area contributed by atoms with E-state index < -0.39 is 0 Å². The van der Waals surface area contributed by atoms with Gasteiger partial charge in [-0.25, -0.2) is 9.97 Å². The number of pyridine rings is 2. The number of nitrogens with zero attached hydrogens (tertiary/aromatic N) is 6. The Bertz CT molecular complexity index is 1560. The van der Waals surface area contributed by atoms with Crippen molar-refractivity contribution in [1.82, 2.24) is 29.9 Å². The van der Waals surface area contributed by atoms with Crippen LogP contribution in [0, 0.1) is 0 Å². The van der Waals surface area contributed by atoms with Crippen molar-refractivity contribution in [1.29, 1.82) is 0 Å². The van der Waals surface area contributed by atoms with E-state index in [2.05, 4.69) is 227 Å². The predicted molar refractivity (Wildman–Crippen MR) is 321 cm³/mol. The van der Waals surface area contributed by atoms with Gasteiger partial charge in [0.05, 0.1) is 5.69 Å². The Morgan fingerprint density at radius 1 is 0.254 bits per heavy atom. The average Bonchev–Trinajstić information content (AvgIpc) is 3.36. The first kappa shape index (κ1) is 77.4. The summed E-state index contributed by atoms with van der Waals surface area (Å²) in [6.45, 7) is 59.0. The lowest BCUT2D eigenvalue weighted by Crippen LogP contribution is -2.14. The van der Waals surface area contributed by atoms with Crippen molar-refractivity contribution in [2.24, 2.45) is 0 Å². The first-order chi connectivity index (χ1) is 32.6. The third kappa shape index (κ3) is 41.2. The quantitative estimate of drug-likeness (QED) is 0.151. The molecule has 0 aliphatic heterocycles. The summed E-state index contributed by atoms with van der Waals surface area (Å²) in [7, 11) is 0. The molecule has 0 aliphatic carbocycles. The zero-order valence-corrected chi connectivity index (χ0v) is 50.5. The highest BCUT2D eigenvalue weighted by molar-refractivity contribution is 5.23. The topological polar surface area (TPSA) is 77.3 Å². The monoisotopic (exact) mass is 977 g/mol. The number of benzene rings is 2. The third-order valence-electron chi connectivity index (χ3n) is 8.71. The summed E-state index contributed by atoms with van der Waals surface area (Å²) in [6.07, 6.45) is 12.4. The molecule has 2 aromatic carbocycles. The van der Waals surface area contributed by atoms with Crippen LogP contribution in [-0.2, 0) is 32.5 Å². The highest BCUT2D eigenvalue weighted by Crippen LogP contribution is 2.23. The summed E-state index contributed by atoms with van der Waals surface area (Å²) in [5, 5.41) is 0. The molecule has 402 valence electrons. The van der Waals surface area contributed by atoms with Crippen molar-refractivity contribution in [2.45, 2.75) is 234 Å². The molecule has 71 heavy (non-hydrogen) atoms. The molecule has 6 aromatic rings. The molecule has 4 heterocycles. The van der Waals surface area contributed by atoms with Crippen LogP contribution in [0.3, 0.4) is 0 Å². The first-order valence-electron chi connectivity index (χ1n) is 26.1. The molecule has 6 heteroatoms. The summed E-state index contributed by atoms with van der Waals surface area (Å²) in [5.74, 6) is 0.898. The Hall–Kier alpha value is -5.10. The van der Waals surface area contributed by atoms with E-state index in [1.54, 1.807) is 31.0 Å². The molecule has 0 bridgehead atoms. The summed E-state index contributed by atoms with van der Waals surface area (Å²) < 4.78 is 0. The Morgan fingerprint density at radius 2 is 0.535 bits per heavy atom. The minimum atomic E-state index is 0. The molecule has 0 saturated carbocycles. The van der Waals surface area contributed by atoms with Crippen molar-refractivity contribution in [3.63, 3.8) is 0 Å². The second kappa shape index (κ2) is 42.6. The van der Waals surface area contributed by atoms with E-state index in [1.807, 2.05) is 112 Å². The Morgan fingerprint density at radius 3 is 0.704 bits per heavy atom. The number of rotatable bonds is 0. The number of aromatic nitrogens is 6. The van der Waals surface area contributed by atoms with E-state index in [9.17, 15) is 0 Å². The van der Waals surface area contributed by atoms with Gasteiger partial charge in [0.15, 0.2) is 0 Å². The molecule has 0 unspecified atom stereocenters. The molecule has 6 rings (SSSR count). The molecule has 0 radical (unpaired) electrons. The zero-order valence-electron chi connectivity index (χ0n) is 50.5. The molecule has 0 fully saturated rings. The fraction of sp³-hybridized carbons (Fsp3) is 0.538. The Kier molecular flexibility index (Phi) is 46.4. The van der Waals surface area contributed by atoms with E-state index in [-0.39, 0.29) is 29.1 Å². The van der Waals surface area contributed by atoms with Crippen molar-refractivity contribution in [3.05, 3.63) is 181 Å². The summed E-state index contributed by atoms with van der Waals surface area (Å²) in [6, 6.07) is 35.0. The highest BCUT2D eigenvalue weighted by atomic mass is 14.9. The van der Waals surface area contributed by atoms with E-state index in [1.165, 1.54) is 11.1 Å². The Labute approximate surface area is 442 Å². The number of hydrogen-bond acceptors (Lipinski definition) is 6. The van der Waals surface area contributed by atoms with Gasteiger partial charge in [-0.3, -0.25) is 19.9 Å². The fourth-order valence-corrected chi connectivity index (χ4v) is 4.86. The van der Waals surface area contributed by atoms with Gasteiger partial charge in [0.1, 0.15) is 5.82 Å². The third-order valence-corrected chi connectivity index (χ3v) is 8.71. The van der Waals surface area contributed by atoms with Crippen LogP contribution >= 0.6 is 0 Å². The van der Waals surface area contributed by atoms with Crippen molar-refractivity contribution >= 4 is 0 Å². The smallest absolute Gasteiger partial charge is 0.133 e. The molecule has 4 aromatic heterocycles. The summed E-state index contributed by atoms with van der Waals surface area (Å²) in [5.41, 5.74) is 7.27. The van der Waals surface area contributed by atoms with Crippen LogP contribution in [-0.4, -0.2) is 29.9 Å². The predicted octanol–water partition coefficient (Wildman–Crippen LogP) is 20.0. The van der Waals surface area contributed by atoms with Crippen LogP contribution in [0.2, 0.25) is 0 Å². The lowest BCUT2D eigenvalue weighted by atomic mass is 9.87. The van der Waals surface area contributed by atoms with E-state index in [0.29, 0.717) is 10.8 Å². The van der Waals surface area contributed by atoms with E-state index >= 15 is 0 Å². The molecule has 0 saturated heterocycles. The minimum absolute atomic E-state index is 0. The average molecular weight is 978 g/mol. The van der Waals surface area contributed by atoms with Crippen molar-refractivity contribution < 1.29 is 0 Å². The molecule has 0 N–H and O–H groups in total. The molecule has 0 amide bonds. The lowest BCUT2D eigenvalue weighted by molar-refractivity contribution is 0.545. The van der Waals surface area contributed by atoms with Gasteiger partial charge in [-0.15, -0.1) is 0 Å².